The van der Waals surface area contributed by atoms with Crippen LogP contribution in [-0.4, -0.2) is 49.6 Å². The largest absolute Gasteiger partial charge is 0.385 e. The van der Waals surface area contributed by atoms with Gasteiger partial charge in [0, 0.05) is 45.7 Å². The molecule has 5 nitrogen and oxygen atoms in total. The number of nitrogens with one attached hydrogen (secondary N) is 1. The van der Waals surface area contributed by atoms with Gasteiger partial charge in [-0.3, -0.25) is 9.59 Å². The molecule has 0 bridgehead atoms. The highest BCUT2D eigenvalue weighted by Gasteiger charge is 2.22. The van der Waals surface area contributed by atoms with E-state index in [-0.39, 0.29) is 17.9 Å². The quantitative estimate of drug-likeness (QED) is 0.710. The number of unbranched alkanes of at least 4 members (excludes halogenated alkanes) is 1. The van der Waals surface area contributed by atoms with Gasteiger partial charge in [0.05, 0.1) is 0 Å². The van der Waals surface area contributed by atoms with Crippen molar-refractivity contribution in [2.75, 3.05) is 26.8 Å². The predicted molar refractivity (Wildman–Crippen MR) is 73.8 cm³/mol. The van der Waals surface area contributed by atoms with Crippen LogP contribution in [0.4, 0.5) is 0 Å². The Morgan fingerprint density at radius 2 is 1.95 bits per heavy atom. The van der Waals surface area contributed by atoms with Crippen LogP contribution in [0.25, 0.3) is 0 Å². The number of piperidine rings is 1. The molecule has 19 heavy (non-hydrogen) atoms. The van der Waals surface area contributed by atoms with E-state index in [0.717, 1.165) is 45.4 Å². The van der Waals surface area contributed by atoms with Crippen molar-refractivity contribution in [3.05, 3.63) is 0 Å². The number of ether oxygens (including phenoxy) is 1. The van der Waals surface area contributed by atoms with Gasteiger partial charge in [0.25, 0.3) is 0 Å². The first-order valence-corrected chi connectivity index (χ1v) is 7.23. The summed E-state index contributed by atoms with van der Waals surface area (Å²) in [6.45, 7) is 4.10. The first-order chi connectivity index (χ1) is 9.17. The summed E-state index contributed by atoms with van der Waals surface area (Å²) >= 11 is 0. The number of carbonyl (C=O) groups excluding carboxylic acids is 2. The van der Waals surface area contributed by atoms with Crippen molar-refractivity contribution in [3.8, 4) is 0 Å². The maximum Gasteiger partial charge on any atom is 0.222 e. The Bertz CT molecular complexity index is 286. The molecule has 0 radical (unpaired) electrons. The monoisotopic (exact) mass is 270 g/mol. The third-order valence-electron chi connectivity index (χ3n) is 3.52. The fourth-order valence-electron chi connectivity index (χ4n) is 2.28. The Labute approximate surface area is 115 Å². The van der Waals surface area contributed by atoms with Crippen LogP contribution in [-0.2, 0) is 14.3 Å². The first kappa shape index (κ1) is 16.0. The van der Waals surface area contributed by atoms with E-state index in [0.29, 0.717) is 12.8 Å². The molecule has 1 heterocycles. The van der Waals surface area contributed by atoms with E-state index in [4.69, 9.17) is 4.74 Å². The molecule has 0 aromatic rings. The van der Waals surface area contributed by atoms with Crippen LogP contribution < -0.4 is 5.32 Å². The summed E-state index contributed by atoms with van der Waals surface area (Å²) in [5.41, 5.74) is 0. The fraction of sp³-hybridized carbons (Fsp3) is 0.857. The topological polar surface area (TPSA) is 58.6 Å². The summed E-state index contributed by atoms with van der Waals surface area (Å²) in [4.78, 5) is 25.2. The van der Waals surface area contributed by atoms with Gasteiger partial charge >= 0.3 is 0 Å². The van der Waals surface area contributed by atoms with Crippen LogP contribution in [0.1, 0.15) is 45.4 Å². The smallest absolute Gasteiger partial charge is 0.222 e. The molecule has 0 aromatic heterocycles. The highest BCUT2D eigenvalue weighted by atomic mass is 16.5. The number of amides is 2. The third kappa shape index (κ3) is 6.05. The Balaban J connectivity index is 2.18. The lowest BCUT2D eigenvalue weighted by Gasteiger charge is -2.32. The molecule has 1 fully saturated rings. The average molecular weight is 270 g/mol. The van der Waals surface area contributed by atoms with Gasteiger partial charge in [0.2, 0.25) is 11.8 Å². The second kappa shape index (κ2) is 8.91. The number of hydrogen-bond donors (Lipinski definition) is 1. The van der Waals surface area contributed by atoms with Crippen LogP contribution in [0.2, 0.25) is 0 Å². The van der Waals surface area contributed by atoms with Crippen molar-refractivity contribution in [2.24, 2.45) is 0 Å². The molecule has 1 saturated heterocycles. The second-order valence-electron chi connectivity index (χ2n) is 5.03. The number of likely N-dealkylation sites (tertiary alicyclic amines) is 1. The minimum absolute atomic E-state index is 0.101. The first-order valence-electron chi connectivity index (χ1n) is 7.23. The van der Waals surface area contributed by atoms with Gasteiger partial charge in [-0.25, -0.2) is 0 Å². The molecule has 0 atom stereocenters. The summed E-state index contributed by atoms with van der Waals surface area (Å²) in [6.07, 6.45) is 4.70. The zero-order valence-corrected chi connectivity index (χ0v) is 12.1. The van der Waals surface area contributed by atoms with Crippen LogP contribution >= 0.6 is 0 Å². The zero-order valence-electron chi connectivity index (χ0n) is 12.1. The number of methoxy groups -OCH3 is 1. The van der Waals surface area contributed by atoms with Crippen LogP contribution in [0.15, 0.2) is 0 Å². The van der Waals surface area contributed by atoms with E-state index in [1.54, 1.807) is 7.11 Å². The lowest BCUT2D eigenvalue weighted by Crippen LogP contribution is -2.46. The van der Waals surface area contributed by atoms with Gasteiger partial charge in [-0.1, -0.05) is 6.92 Å². The summed E-state index contributed by atoms with van der Waals surface area (Å²) in [6, 6.07) is 0.241. The molecule has 0 unspecified atom stereocenters. The van der Waals surface area contributed by atoms with Gasteiger partial charge in [-0.05, 0) is 25.7 Å². The van der Waals surface area contributed by atoms with Crippen molar-refractivity contribution in [1.82, 2.24) is 10.2 Å². The predicted octanol–water partition coefficient (Wildman–Crippen LogP) is 1.32. The minimum Gasteiger partial charge on any atom is -0.385 e. The molecule has 2 amide bonds. The lowest BCUT2D eigenvalue weighted by molar-refractivity contribution is -0.132. The standard InChI is InChI=1S/C14H26N2O3/c1-3-13(17)15-12-7-9-16(10-8-12)14(18)6-4-5-11-19-2/h12H,3-11H2,1-2H3,(H,15,17). The van der Waals surface area contributed by atoms with Gasteiger partial charge in [-0.2, -0.15) is 0 Å². The van der Waals surface area contributed by atoms with Crippen LogP contribution in [0, 0.1) is 0 Å². The van der Waals surface area contributed by atoms with Crippen molar-refractivity contribution in [1.29, 1.82) is 0 Å². The molecule has 0 aromatic carbocycles. The van der Waals surface area contributed by atoms with E-state index in [1.165, 1.54) is 0 Å². The van der Waals surface area contributed by atoms with Gasteiger partial charge in [0.15, 0.2) is 0 Å². The van der Waals surface area contributed by atoms with E-state index in [2.05, 4.69) is 5.32 Å². The molecule has 0 saturated carbocycles. The molecule has 1 aliphatic rings. The number of nitrogens with zero attached hydrogens (tertiary/aromatic N) is 1. The maximum atomic E-state index is 11.9. The van der Waals surface area contributed by atoms with E-state index < -0.39 is 0 Å². The minimum atomic E-state index is 0.101. The SMILES string of the molecule is CCC(=O)NC1CCN(C(=O)CCCCOC)CC1. The zero-order chi connectivity index (χ0) is 14.1. The average Bonchev–Trinajstić information content (AvgIpc) is 2.44. The van der Waals surface area contributed by atoms with Crippen LogP contribution in [0.3, 0.4) is 0 Å². The van der Waals surface area contributed by atoms with E-state index in [9.17, 15) is 9.59 Å². The highest BCUT2D eigenvalue weighted by Crippen LogP contribution is 2.12. The van der Waals surface area contributed by atoms with Crippen molar-refractivity contribution >= 4 is 11.8 Å². The number of hydrogen-bond acceptors (Lipinski definition) is 3. The molecule has 0 aliphatic carbocycles. The van der Waals surface area contributed by atoms with Gasteiger partial charge in [-0.15, -0.1) is 0 Å². The molecule has 110 valence electrons. The lowest BCUT2D eigenvalue weighted by atomic mass is 10.0. The summed E-state index contributed by atoms with van der Waals surface area (Å²) in [5, 5.41) is 2.99. The molecule has 1 rings (SSSR count). The van der Waals surface area contributed by atoms with Gasteiger partial charge in [0.1, 0.15) is 0 Å². The molecule has 1 N–H and O–H groups in total. The molecule has 5 heteroatoms. The number of rotatable bonds is 7. The van der Waals surface area contributed by atoms with Crippen molar-refractivity contribution in [2.45, 2.75) is 51.5 Å². The maximum absolute atomic E-state index is 11.9. The normalized spacial score (nSPS) is 16.4. The summed E-state index contributed by atoms with van der Waals surface area (Å²) < 4.78 is 4.97. The molecular weight excluding hydrogens is 244 g/mol. The van der Waals surface area contributed by atoms with Crippen molar-refractivity contribution in [3.63, 3.8) is 0 Å². The summed E-state index contributed by atoms with van der Waals surface area (Å²) in [7, 11) is 1.68. The number of carbonyl (C=O) groups is 2. The molecule has 1 aliphatic heterocycles. The third-order valence-corrected chi connectivity index (χ3v) is 3.52. The Morgan fingerprint density at radius 1 is 1.26 bits per heavy atom. The van der Waals surface area contributed by atoms with E-state index >= 15 is 0 Å². The summed E-state index contributed by atoms with van der Waals surface area (Å²) in [5.74, 6) is 0.334. The van der Waals surface area contributed by atoms with E-state index in [1.807, 2.05) is 11.8 Å². The van der Waals surface area contributed by atoms with Gasteiger partial charge < -0.3 is 15.0 Å². The second-order valence-corrected chi connectivity index (χ2v) is 5.03. The Hall–Kier alpha value is -1.10. The molecular formula is C14H26N2O3. The molecule has 0 spiro atoms. The van der Waals surface area contributed by atoms with Crippen LogP contribution in [0.5, 0.6) is 0 Å². The highest BCUT2D eigenvalue weighted by molar-refractivity contribution is 5.77. The fourth-order valence-corrected chi connectivity index (χ4v) is 2.28. The Morgan fingerprint density at radius 3 is 2.53 bits per heavy atom. The Kier molecular flexibility index (Phi) is 7.48. The van der Waals surface area contributed by atoms with Crippen molar-refractivity contribution < 1.29 is 14.3 Å².